The summed E-state index contributed by atoms with van der Waals surface area (Å²) in [7, 11) is 2.41. The van der Waals surface area contributed by atoms with Crippen molar-refractivity contribution in [3.8, 4) is 0 Å². The molecule has 0 aromatic heterocycles. The van der Waals surface area contributed by atoms with Crippen LogP contribution in [0, 0.1) is 0 Å². The lowest BCUT2D eigenvalue weighted by Gasteiger charge is -2.29. The maximum atomic E-state index is 12.6. The molecule has 0 saturated carbocycles. The van der Waals surface area contributed by atoms with E-state index in [2.05, 4.69) is 17.3 Å². The highest BCUT2D eigenvalue weighted by atomic mass is 32.2. The zero-order valence-electron chi connectivity index (χ0n) is 12.9. The molecular formula is C13H28N4O2S. The molecule has 0 aromatic rings. The summed E-state index contributed by atoms with van der Waals surface area (Å²) in [4.78, 5) is 2.37. The van der Waals surface area contributed by atoms with Crippen LogP contribution in [0.4, 0.5) is 0 Å². The summed E-state index contributed by atoms with van der Waals surface area (Å²) in [6, 6.07) is 0.956. The SMILES string of the molecule is CNCCCN(C)S(=O)(=O)N1CCC2CCC(C1)N2C. The van der Waals surface area contributed by atoms with Crippen LogP contribution in [0.25, 0.3) is 0 Å². The first-order chi connectivity index (χ1) is 9.46. The van der Waals surface area contributed by atoms with Crippen molar-refractivity contribution >= 4 is 10.2 Å². The molecule has 0 radical (unpaired) electrons. The van der Waals surface area contributed by atoms with Gasteiger partial charge in [-0.3, -0.25) is 4.90 Å². The van der Waals surface area contributed by atoms with Crippen LogP contribution >= 0.6 is 0 Å². The number of fused-ring (bicyclic) bond motifs is 2. The van der Waals surface area contributed by atoms with E-state index >= 15 is 0 Å². The number of hydrogen-bond acceptors (Lipinski definition) is 4. The van der Waals surface area contributed by atoms with Gasteiger partial charge in [-0.2, -0.15) is 17.0 Å². The Morgan fingerprint density at radius 2 is 1.95 bits per heavy atom. The van der Waals surface area contributed by atoms with Gasteiger partial charge < -0.3 is 5.32 Å². The first-order valence-corrected chi connectivity index (χ1v) is 8.94. The van der Waals surface area contributed by atoms with Gasteiger partial charge >= 0.3 is 0 Å². The molecule has 2 atom stereocenters. The summed E-state index contributed by atoms with van der Waals surface area (Å²) in [5.41, 5.74) is 0. The molecule has 0 amide bonds. The normalized spacial score (nSPS) is 29.0. The molecule has 20 heavy (non-hydrogen) atoms. The molecule has 2 heterocycles. The predicted molar refractivity (Wildman–Crippen MR) is 80.9 cm³/mol. The number of nitrogens with zero attached hydrogens (tertiary/aromatic N) is 3. The zero-order chi connectivity index (χ0) is 14.8. The molecule has 2 rings (SSSR count). The van der Waals surface area contributed by atoms with Crippen molar-refractivity contribution in [3.05, 3.63) is 0 Å². The molecule has 0 aliphatic carbocycles. The van der Waals surface area contributed by atoms with Gasteiger partial charge in [0.25, 0.3) is 10.2 Å². The predicted octanol–water partition coefficient (Wildman–Crippen LogP) is -0.0590. The second-order valence-corrected chi connectivity index (χ2v) is 8.02. The van der Waals surface area contributed by atoms with Crippen LogP contribution in [0.2, 0.25) is 0 Å². The lowest BCUT2D eigenvalue weighted by atomic mass is 10.1. The Kier molecular flexibility index (Phi) is 5.42. The first kappa shape index (κ1) is 16.2. The smallest absolute Gasteiger partial charge is 0.281 e. The summed E-state index contributed by atoms with van der Waals surface area (Å²) < 4.78 is 28.4. The molecule has 0 aromatic carbocycles. The lowest BCUT2D eigenvalue weighted by Crippen LogP contribution is -2.46. The van der Waals surface area contributed by atoms with Crippen molar-refractivity contribution in [2.24, 2.45) is 0 Å². The standard InChI is InChI=1S/C13H28N4O2S/c1-14-8-4-9-15(2)20(18,19)17-10-7-12-5-6-13(11-17)16(12)3/h12-14H,4-11H2,1-3H3. The fourth-order valence-electron chi connectivity index (χ4n) is 3.28. The Morgan fingerprint density at radius 1 is 1.25 bits per heavy atom. The molecule has 2 bridgehead atoms. The highest BCUT2D eigenvalue weighted by molar-refractivity contribution is 7.86. The Labute approximate surface area is 123 Å². The van der Waals surface area contributed by atoms with Crippen LogP contribution in [0.5, 0.6) is 0 Å². The molecule has 2 aliphatic heterocycles. The summed E-state index contributed by atoms with van der Waals surface area (Å²) in [5.74, 6) is 0. The van der Waals surface area contributed by atoms with Gasteiger partial charge in [-0.1, -0.05) is 0 Å². The van der Waals surface area contributed by atoms with Crippen LogP contribution in [-0.4, -0.2) is 81.3 Å². The van der Waals surface area contributed by atoms with Crippen LogP contribution in [-0.2, 0) is 10.2 Å². The van der Waals surface area contributed by atoms with Gasteiger partial charge in [0.2, 0.25) is 0 Å². The molecule has 2 saturated heterocycles. The Hall–Kier alpha value is -0.210. The van der Waals surface area contributed by atoms with Gasteiger partial charge in [0.1, 0.15) is 0 Å². The monoisotopic (exact) mass is 304 g/mol. The summed E-state index contributed by atoms with van der Waals surface area (Å²) >= 11 is 0. The van der Waals surface area contributed by atoms with Crippen LogP contribution in [0.15, 0.2) is 0 Å². The van der Waals surface area contributed by atoms with Crippen molar-refractivity contribution in [1.82, 2.24) is 18.8 Å². The quantitative estimate of drug-likeness (QED) is 0.699. The molecule has 0 spiro atoms. The third-order valence-corrected chi connectivity index (χ3v) is 6.69. The Bertz CT molecular complexity index is 415. The largest absolute Gasteiger partial charge is 0.320 e. The molecule has 1 N–H and O–H groups in total. The zero-order valence-corrected chi connectivity index (χ0v) is 13.7. The van der Waals surface area contributed by atoms with Crippen molar-refractivity contribution in [2.45, 2.75) is 37.8 Å². The highest BCUT2D eigenvalue weighted by Crippen LogP contribution is 2.29. The molecule has 2 aliphatic rings. The van der Waals surface area contributed by atoms with Gasteiger partial charge in [0.05, 0.1) is 0 Å². The van der Waals surface area contributed by atoms with E-state index in [1.54, 1.807) is 11.4 Å². The van der Waals surface area contributed by atoms with E-state index in [0.29, 0.717) is 31.7 Å². The fourth-order valence-corrected chi connectivity index (χ4v) is 4.73. The first-order valence-electron chi connectivity index (χ1n) is 7.54. The maximum absolute atomic E-state index is 12.6. The average molecular weight is 304 g/mol. The Morgan fingerprint density at radius 3 is 2.65 bits per heavy atom. The van der Waals surface area contributed by atoms with E-state index in [1.807, 2.05) is 7.05 Å². The molecule has 118 valence electrons. The van der Waals surface area contributed by atoms with Crippen molar-refractivity contribution in [3.63, 3.8) is 0 Å². The molecule has 7 heteroatoms. The van der Waals surface area contributed by atoms with E-state index in [1.165, 1.54) is 10.7 Å². The maximum Gasteiger partial charge on any atom is 0.281 e. The van der Waals surface area contributed by atoms with Crippen LogP contribution < -0.4 is 5.32 Å². The van der Waals surface area contributed by atoms with Crippen LogP contribution in [0.3, 0.4) is 0 Å². The molecule has 6 nitrogen and oxygen atoms in total. The minimum atomic E-state index is -3.30. The van der Waals surface area contributed by atoms with E-state index < -0.39 is 10.2 Å². The second kappa shape index (κ2) is 6.70. The van der Waals surface area contributed by atoms with E-state index in [4.69, 9.17) is 0 Å². The third kappa shape index (κ3) is 3.33. The van der Waals surface area contributed by atoms with E-state index in [9.17, 15) is 8.42 Å². The van der Waals surface area contributed by atoms with Crippen LogP contribution in [0.1, 0.15) is 25.7 Å². The van der Waals surface area contributed by atoms with Crippen molar-refractivity contribution in [2.75, 3.05) is 47.3 Å². The van der Waals surface area contributed by atoms with Crippen molar-refractivity contribution < 1.29 is 8.42 Å². The van der Waals surface area contributed by atoms with Crippen molar-refractivity contribution in [1.29, 1.82) is 0 Å². The summed E-state index contributed by atoms with van der Waals surface area (Å²) in [6.07, 6.45) is 4.13. The van der Waals surface area contributed by atoms with E-state index in [0.717, 1.165) is 25.8 Å². The van der Waals surface area contributed by atoms with Gasteiger partial charge in [-0.05, 0) is 46.3 Å². The average Bonchev–Trinajstić information content (AvgIpc) is 2.62. The van der Waals surface area contributed by atoms with Gasteiger partial charge in [-0.25, -0.2) is 0 Å². The topological polar surface area (TPSA) is 55.9 Å². The number of hydrogen-bond donors (Lipinski definition) is 1. The number of rotatable bonds is 6. The Balaban J connectivity index is 1.98. The van der Waals surface area contributed by atoms with Gasteiger partial charge in [-0.15, -0.1) is 0 Å². The van der Waals surface area contributed by atoms with E-state index in [-0.39, 0.29) is 0 Å². The minimum absolute atomic E-state index is 0.392. The second-order valence-electron chi connectivity index (χ2n) is 5.98. The summed E-state index contributed by atoms with van der Waals surface area (Å²) in [5, 5.41) is 3.05. The number of likely N-dealkylation sites (N-methyl/N-ethyl adjacent to an activating group) is 1. The molecular weight excluding hydrogens is 276 g/mol. The third-order valence-electron chi connectivity index (χ3n) is 4.73. The molecule has 2 fully saturated rings. The number of nitrogens with one attached hydrogen (secondary N) is 1. The lowest BCUT2D eigenvalue weighted by molar-refractivity contribution is 0.245. The summed E-state index contributed by atoms with van der Waals surface area (Å²) in [6.45, 7) is 2.72. The van der Waals surface area contributed by atoms with Gasteiger partial charge in [0, 0.05) is 38.8 Å². The fraction of sp³-hybridized carbons (Fsp3) is 1.00. The molecule has 2 unspecified atom stereocenters. The minimum Gasteiger partial charge on any atom is -0.320 e. The highest BCUT2D eigenvalue weighted by Gasteiger charge is 2.39. The van der Waals surface area contributed by atoms with Gasteiger partial charge in [0.15, 0.2) is 0 Å².